The number of hydrogen-bond donors (Lipinski definition) is 3. The maximum Gasteiger partial charge on any atom is 0.191 e. The maximum absolute atomic E-state index is 10.4. The molecule has 0 fully saturated rings. The monoisotopic (exact) mass is 349 g/mol. The molecule has 1 heterocycles. The molecule has 0 amide bonds. The van der Waals surface area contributed by atoms with E-state index in [9.17, 15) is 5.11 Å². The van der Waals surface area contributed by atoms with Crippen molar-refractivity contribution in [2.24, 2.45) is 4.99 Å². The number of hydrogen-bond acceptors (Lipinski definition) is 4. The topological polar surface area (TPSA) is 56.7 Å². The highest BCUT2D eigenvalue weighted by atomic mass is 32.2. The van der Waals surface area contributed by atoms with Crippen molar-refractivity contribution in [3.8, 4) is 0 Å². The fourth-order valence-corrected chi connectivity index (χ4v) is 3.72. The average Bonchev–Trinajstić information content (AvgIpc) is 3.01. The lowest BCUT2D eigenvalue weighted by molar-refractivity contribution is 0.184. The first-order valence-corrected chi connectivity index (χ1v) is 9.51. The van der Waals surface area contributed by atoms with E-state index >= 15 is 0 Å². The van der Waals surface area contributed by atoms with Gasteiger partial charge in [-0.05, 0) is 17.5 Å². The molecule has 2 rings (SSSR count). The molecular weight excluding hydrogens is 326 g/mol. The first-order valence-electron chi connectivity index (χ1n) is 7.54. The third kappa shape index (κ3) is 5.57. The normalized spacial score (nSPS) is 13.0. The average molecular weight is 350 g/mol. The smallest absolute Gasteiger partial charge is 0.191 e. The zero-order valence-electron chi connectivity index (χ0n) is 13.3. The van der Waals surface area contributed by atoms with Crippen LogP contribution < -0.4 is 10.6 Å². The predicted octanol–water partition coefficient (Wildman–Crippen LogP) is 3.02. The van der Waals surface area contributed by atoms with Crippen LogP contribution in [0.2, 0.25) is 0 Å². The fourth-order valence-electron chi connectivity index (χ4n) is 2.09. The van der Waals surface area contributed by atoms with E-state index in [1.165, 1.54) is 10.1 Å². The van der Waals surface area contributed by atoms with E-state index in [4.69, 9.17) is 0 Å². The minimum absolute atomic E-state index is 0.437. The second-order valence-corrected chi connectivity index (χ2v) is 7.21. The number of thiophene rings is 1. The molecule has 1 aromatic heterocycles. The van der Waals surface area contributed by atoms with Gasteiger partial charge in [0.15, 0.2) is 5.96 Å². The number of aliphatic hydroxyl groups excluding tert-OH is 1. The Morgan fingerprint density at radius 1 is 1.43 bits per heavy atom. The Bertz CT molecular complexity index is 621. The van der Waals surface area contributed by atoms with Gasteiger partial charge in [0.1, 0.15) is 6.10 Å². The molecule has 2 aromatic rings. The Hall–Kier alpha value is -1.50. The second-order valence-electron chi connectivity index (χ2n) is 4.95. The van der Waals surface area contributed by atoms with Crippen LogP contribution in [0.25, 0.3) is 10.1 Å². The lowest BCUT2D eigenvalue weighted by atomic mass is 10.2. The summed E-state index contributed by atoms with van der Waals surface area (Å²) >= 11 is 3.45. The van der Waals surface area contributed by atoms with Crippen LogP contribution in [0.4, 0.5) is 0 Å². The highest BCUT2D eigenvalue weighted by molar-refractivity contribution is 7.99. The van der Waals surface area contributed by atoms with Gasteiger partial charge in [0.25, 0.3) is 0 Å². The SMILES string of the molecule is C=CCSCCNC(=NC)NCC(O)c1cc2ccccc2s1. The van der Waals surface area contributed by atoms with Gasteiger partial charge in [0.2, 0.25) is 0 Å². The third-order valence-corrected chi connectivity index (χ3v) is 5.42. The zero-order chi connectivity index (χ0) is 16.5. The Morgan fingerprint density at radius 3 is 3.00 bits per heavy atom. The van der Waals surface area contributed by atoms with Gasteiger partial charge >= 0.3 is 0 Å². The van der Waals surface area contributed by atoms with E-state index in [0.717, 1.165) is 22.9 Å². The van der Waals surface area contributed by atoms with Gasteiger partial charge in [0, 0.05) is 41.2 Å². The second kappa shape index (κ2) is 9.60. The number of fused-ring (bicyclic) bond motifs is 1. The first kappa shape index (κ1) is 17.8. The summed E-state index contributed by atoms with van der Waals surface area (Å²) in [6, 6.07) is 10.2. The Kier molecular flexibility index (Phi) is 7.45. The molecule has 3 N–H and O–H groups in total. The van der Waals surface area contributed by atoms with Crippen LogP contribution in [0.3, 0.4) is 0 Å². The van der Waals surface area contributed by atoms with Crippen molar-refractivity contribution in [3.05, 3.63) is 47.9 Å². The lowest BCUT2D eigenvalue weighted by Gasteiger charge is -2.14. The van der Waals surface area contributed by atoms with Crippen LogP contribution in [0.1, 0.15) is 11.0 Å². The molecule has 0 spiro atoms. The highest BCUT2D eigenvalue weighted by Crippen LogP contribution is 2.29. The van der Waals surface area contributed by atoms with E-state index in [0.29, 0.717) is 12.5 Å². The molecule has 6 heteroatoms. The molecule has 1 atom stereocenters. The number of thioether (sulfide) groups is 1. The molecule has 0 aliphatic carbocycles. The van der Waals surface area contributed by atoms with E-state index in [-0.39, 0.29) is 0 Å². The summed E-state index contributed by atoms with van der Waals surface area (Å²) in [6.07, 6.45) is 1.36. The molecule has 1 aromatic carbocycles. The van der Waals surface area contributed by atoms with Crippen molar-refractivity contribution in [1.82, 2.24) is 10.6 Å². The summed E-state index contributed by atoms with van der Waals surface area (Å²) in [4.78, 5) is 5.14. The standard InChI is InChI=1S/C17H23N3OS2/c1-3-9-22-10-8-19-17(18-2)20-12-14(21)16-11-13-6-4-5-7-15(13)23-16/h3-7,11,14,21H,1,8-10,12H2,2H3,(H2,18,19,20). The van der Waals surface area contributed by atoms with Crippen LogP contribution in [0.15, 0.2) is 48.0 Å². The van der Waals surface area contributed by atoms with E-state index in [1.807, 2.05) is 30.0 Å². The molecular formula is C17H23N3OS2. The van der Waals surface area contributed by atoms with Gasteiger partial charge in [-0.25, -0.2) is 0 Å². The highest BCUT2D eigenvalue weighted by Gasteiger charge is 2.11. The van der Waals surface area contributed by atoms with Gasteiger partial charge in [-0.1, -0.05) is 24.3 Å². The van der Waals surface area contributed by atoms with Gasteiger partial charge in [-0.15, -0.1) is 17.9 Å². The van der Waals surface area contributed by atoms with Crippen molar-refractivity contribution in [3.63, 3.8) is 0 Å². The number of aliphatic imine (C=N–C) groups is 1. The summed E-state index contributed by atoms with van der Waals surface area (Å²) in [7, 11) is 1.73. The first-order chi connectivity index (χ1) is 11.2. The zero-order valence-corrected chi connectivity index (χ0v) is 14.9. The van der Waals surface area contributed by atoms with E-state index in [2.05, 4.69) is 40.4 Å². The van der Waals surface area contributed by atoms with Crippen molar-refractivity contribution in [2.45, 2.75) is 6.10 Å². The third-order valence-electron chi connectivity index (χ3n) is 3.23. The lowest BCUT2D eigenvalue weighted by Crippen LogP contribution is -2.40. The summed E-state index contributed by atoms with van der Waals surface area (Å²) < 4.78 is 1.20. The molecule has 124 valence electrons. The molecule has 0 saturated carbocycles. The largest absolute Gasteiger partial charge is 0.386 e. The number of nitrogens with one attached hydrogen (secondary N) is 2. The summed E-state index contributed by atoms with van der Waals surface area (Å²) in [5.74, 6) is 2.66. The predicted molar refractivity (Wildman–Crippen MR) is 104 cm³/mol. The van der Waals surface area contributed by atoms with Crippen LogP contribution in [0, 0.1) is 0 Å². The minimum Gasteiger partial charge on any atom is -0.386 e. The maximum atomic E-state index is 10.4. The number of guanidine groups is 1. The van der Waals surface area contributed by atoms with Crippen LogP contribution in [-0.2, 0) is 0 Å². The fraction of sp³-hybridized carbons (Fsp3) is 0.353. The molecule has 0 aliphatic heterocycles. The molecule has 0 saturated heterocycles. The molecule has 1 unspecified atom stereocenters. The number of benzene rings is 1. The number of rotatable bonds is 8. The molecule has 23 heavy (non-hydrogen) atoms. The van der Waals surface area contributed by atoms with Crippen molar-refractivity contribution >= 4 is 39.1 Å². The van der Waals surface area contributed by atoms with Crippen molar-refractivity contribution < 1.29 is 5.11 Å². The minimum atomic E-state index is -0.541. The van der Waals surface area contributed by atoms with Crippen LogP contribution in [-0.4, -0.2) is 42.7 Å². The van der Waals surface area contributed by atoms with Gasteiger partial charge in [-0.3, -0.25) is 4.99 Å². The van der Waals surface area contributed by atoms with Gasteiger partial charge in [-0.2, -0.15) is 11.8 Å². The summed E-state index contributed by atoms with van der Waals surface area (Å²) in [5.41, 5.74) is 0. The van der Waals surface area contributed by atoms with E-state index < -0.39 is 6.10 Å². The molecule has 4 nitrogen and oxygen atoms in total. The van der Waals surface area contributed by atoms with Crippen molar-refractivity contribution in [2.75, 3.05) is 31.6 Å². The summed E-state index contributed by atoms with van der Waals surface area (Å²) in [6.45, 7) is 4.97. The summed E-state index contributed by atoms with van der Waals surface area (Å²) in [5, 5.41) is 17.9. The molecule has 0 bridgehead atoms. The number of aliphatic hydroxyl groups is 1. The Morgan fingerprint density at radius 2 is 2.26 bits per heavy atom. The van der Waals surface area contributed by atoms with Crippen LogP contribution in [0.5, 0.6) is 0 Å². The molecule has 0 radical (unpaired) electrons. The Labute approximate surface area is 145 Å². The van der Waals surface area contributed by atoms with Gasteiger partial charge in [0.05, 0.1) is 0 Å². The van der Waals surface area contributed by atoms with Crippen molar-refractivity contribution in [1.29, 1.82) is 0 Å². The molecule has 0 aliphatic rings. The quantitative estimate of drug-likeness (QED) is 0.297. The number of nitrogens with zero attached hydrogens (tertiary/aromatic N) is 1. The van der Waals surface area contributed by atoms with Crippen LogP contribution >= 0.6 is 23.1 Å². The van der Waals surface area contributed by atoms with E-state index in [1.54, 1.807) is 18.4 Å². The van der Waals surface area contributed by atoms with Gasteiger partial charge < -0.3 is 15.7 Å². The Balaban J connectivity index is 1.80.